The monoisotopic (exact) mass is 416 g/mol. The molecule has 0 aliphatic rings. The third-order valence-corrected chi connectivity index (χ3v) is 5.22. The molecule has 4 aromatic heterocycles. The highest BCUT2D eigenvalue weighted by atomic mass is 16.5. The maximum absolute atomic E-state index is 10.9. The first-order valence-electron chi connectivity index (χ1n) is 9.77. The summed E-state index contributed by atoms with van der Waals surface area (Å²) in [5.74, 6) is 2.94. The van der Waals surface area contributed by atoms with Crippen LogP contribution in [-0.2, 0) is 6.42 Å². The second-order valence-corrected chi connectivity index (χ2v) is 7.27. The van der Waals surface area contributed by atoms with E-state index in [0.29, 0.717) is 28.7 Å². The highest BCUT2D eigenvalue weighted by molar-refractivity contribution is 5.92. The average molecular weight is 416 g/mol. The van der Waals surface area contributed by atoms with Crippen LogP contribution in [0.2, 0.25) is 0 Å². The molecule has 0 spiro atoms. The van der Waals surface area contributed by atoms with E-state index in [0.717, 1.165) is 34.5 Å². The van der Waals surface area contributed by atoms with E-state index >= 15 is 0 Å². The minimum Gasteiger partial charge on any atom is -0.491 e. The second kappa shape index (κ2) is 7.76. The molecule has 4 rings (SSSR count). The normalized spacial score (nSPS) is 13.7. The molecule has 0 fully saturated rings. The van der Waals surface area contributed by atoms with Gasteiger partial charge in [0.05, 0.1) is 42.4 Å². The van der Waals surface area contributed by atoms with Crippen LogP contribution in [0.25, 0.3) is 22.1 Å². The minimum atomic E-state index is -0.896. The van der Waals surface area contributed by atoms with E-state index < -0.39 is 12.1 Å². The number of anilines is 4. The maximum Gasteiger partial charge on any atom is 0.184 e. The lowest BCUT2D eigenvalue weighted by Crippen LogP contribution is -2.38. The van der Waals surface area contributed by atoms with Crippen molar-refractivity contribution in [2.24, 2.45) is 0 Å². The van der Waals surface area contributed by atoms with E-state index in [4.69, 9.17) is 16.2 Å². The number of hydrogen-bond donors (Lipinski definition) is 10. The van der Waals surface area contributed by atoms with Crippen LogP contribution in [0.3, 0.4) is 0 Å². The van der Waals surface area contributed by atoms with Gasteiger partial charge in [-0.3, -0.25) is 0 Å². The Hall–Kier alpha value is -3.44. The first-order valence-corrected chi connectivity index (χ1v) is 9.77. The van der Waals surface area contributed by atoms with Crippen molar-refractivity contribution in [1.29, 1.82) is 0 Å². The van der Waals surface area contributed by atoms with Gasteiger partial charge in [0.1, 0.15) is 28.8 Å². The number of rotatable bonds is 9. The molecule has 0 amide bonds. The zero-order valence-electron chi connectivity index (χ0n) is 16.9. The Labute approximate surface area is 172 Å². The van der Waals surface area contributed by atoms with Crippen molar-refractivity contribution < 1.29 is 14.9 Å². The second-order valence-electron chi connectivity index (χ2n) is 7.27. The highest BCUT2D eigenvalue weighted by Gasteiger charge is 2.25. The smallest absolute Gasteiger partial charge is 0.184 e. The lowest BCUT2D eigenvalue weighted by molar-refractivity contribution is 0.118. The van der Waals surface area contributed by atoms with Crippen molar-refractivity contribution in [1.82, 2.24) is 19.9 Å². The van der Waals surface area contributed by atoms with Crippen LogP contribution >= 0.6 is 0 Å². The predicted octanol–water partition coefficient (Wildman–Crippen LogP) is 1.29. The van der Waals surface area contributed by atoms with E-state index in [-0.39, 0.29) is 13.0 Å². The van der Waals surface area contributed by atoms with Crippen LogP contribution in [0.15, 0.2) is 12.1 Å². The van der Waals surface area contributed by atoms with Crippen molar-refractivity contribution in [3.8, 4) is 5.75 Å². The van der Waals surface area contributed by atoms with E-state index in [1.54, 1.807) is 13.2 Å². The molecule has 0 aromatic carbocycles. The summed E-state index contributed by atoms with van der Waals surface area (Å²) in [5.41, 5.74) is 15.7. The molecule has 162 valence electrons. The summed E-state index contributed by atoms with van der Waals surface area (Å²) < 4.78 is 5.48. The third-order valence-electron chi connectivity index (χ3n) is 5.22. The van der Waals surface area contributed by atoms with Crippen molar-refractivity contribution in [3.05, 3.63) is 17.7 Å². The number of methoxy groups -OCH3 is 1. The minimum absolute atomic E-state index is 0.281. The molecule has 2 atom stereocenters. The maximum atomic E-state index is 10.9. The number of aliphatic hydroxyl groups excluding tert-OH is 2. The fraction of sp³-hybridized carbons (Fsp3) is 0.368. The quantitative estimate of drug-likeness (QED) is 0.194. The van der Waals surface area contributed by atoms with Crippen LogP contribution in [0.4, 0.5) is 23.3 Å². The Kier molecular flexibility index (Phi) is 5.14. The van der Waals surface area contributed by atoms with Gasteiger partial charge in [0, 0.05) is 30.7 Å². The fourth-order valence-electron chi connectivity index (χ4n) is 3.85. The molecule has 0 saturated carbocycles. The summed E-state index contributed by atoms with van der Waals surface area (Å²) in [6.45, 7) is 2.43. The molecule has 30 heavy (non-hydrogen) atoms. The molecule has 11 nitrogen and oxygen atoms in total. The van der Waals surface area contributed by atoms with Gasteiger partial charge in [-0.15, -0.1) is 0 Å². The topological polar surface area (TPSA) is 189 Å². The number of H-pyrrole nitrogens is 4. The first kappa shape index (κ1) is 19.9. The number of nitrogens with two attached hydrogens (primary N) is 2. The molecule has 2 unspecified atom stereocenters. The molecule has 11 heteroatoms. The predicted molar refractivity (Wildman–Crippen MR) is 119 cm³/mol. The lowest BCUT2D eigenvalue weighted by Gasteiger charge is -2.23. The largest absolute Gasteiger partial charge is 0.491 e. The van der Waals surface area contributed by atoms with Gasteiger partial charge in [0.2, 0.25) is 0 Å². The first-order chi connectivity index (χ1) is 14.4. The van der Waals surface area contributed by atoms with Gasteiger partial charge in [-0.1, -0.05) is 0 Å². The fourth-order valence-corrected chi connectivity index (χ4v) is 3.85. The van der Waals surface area contributed by atoms with Crippen LogP contribution in [0, 0.1) is 0 Å². The molecular formula is C19H28N8O3. The van der Waals surface area contributed by atoms with Gasteiger partial charge in [0.15, 0.2) is 5.75 Å². The van der Waals surface area contributed by atoms with E-state index in [1.165, 1.54) is 0 Å². The lowest BCUT2D eigenvalue weighted by atomic mass is 10.0. The van der Waals surface area contributed by atoms with Gasteiger partial charge in [0.25, 0.3) is 0 Å². The van der Waals surface area contributed by atoms with E-state index in [1.807, 2.05) is 13.0 Å². The number of nitrogen functional groups attached to an aromatic ring is 2. The summed E-state index contributed by atoms with van der Waals surface area (Å²) in [7, 11) is 1.55. The number of aromatic nitrogens is 4. The molecule has 12 N–H and O–H groups in total. The van der Waals surface area contributed by atoms with Gasteiger partial charge >= 0.3 is 0 Å². The van der Waals surface area contributed by atoms with Crippen LogP contribution in [0.1, 0.15) is 12.5 Å². The number of ether oxygens (including phenoxy) is 1. The molecule has 0 aliphatic heterocycles. The van der Waals surface area contributed by atoms with Crippen LogP contribution in [0.5, 0.6) is 5.75 Å². The Bertz CT molecular complexity index is 1150. The SMILES string of the molecule is CCNc1[nH]c2cc(N)[nH]c2c1CC(O)C(CO)Nc1[nH]c2cc(N)[nH]c2c1OC. The molecule has 0 saturated heterocycles. The van der Waals surface area contributed by atoms with Crippen molar-refractivity contribution in [2.75, 3.05) is 42.4 Å². The summed E-state index contributed by atoms with van der Waals surface area (Å²) in [4.78, 5) is 12.6. The summed E-state index contributed by atoms with van der Waals surface area (Å²) in [5, 5.41) is 27.3. The number of fused-ring (bicyclic) bond motifs is 2. The molecule has 0 aliphatic carbocycles. The molecular weight excluding hydrogens is 388 g/mol. The standard InChI is InChI=1S/C19H28N8O3/c1-3-22-18-8(15-9(23-18)5-13(20)26-15)4-12(29)11(7-28)25-19-17(30-2)16-10(24-19)6-14(21)27-16/h5-6,11-12,22-29H,3-4,7,20-21H2,1-2H3. The van der Waals surface area contributed by atoms with Crippen LogP contribution < -0.4 is 26.8 Å². The van der Waals surface area contributed by atoms with Crippen molar-refractivity contribution >= 4 is 45.3 Å². The zero-order valence-corrected chi connectivity index (χ0v) is 16.9. The third kappa shape index (κ3) is 3.37. The number of aliphatic hydroxyl groups is 2. The van der Waals surface area contributed by atoms with E-state index in [9.17, 15) is 10.2 Å². The van der Waals surface area contributed by atoms with Gasteiger partial charge in [-0.05, 0) is 6.92 Å². The Morgan fingerprint density at radius 3 is 2.30 bits per heavy atom. The Balaban J connectivity index is 1.59. The van der Waals surface area contributed by atoms with Crippen molar-refractivity contribution in [3.63, 3.8) is 0 Å². The van der Waals surface area contributed by atoms with Crippen molar-refractivity contribution in [2.45, 2.75) is 25.5 Å². The Morgan fingerprint density at radius 2 is 1.67 bits per heavy atom. The highest BCUT2D eigenvalue weighted by Crippen LogP contribution is 2.35. The Morgan fingerprint density at radius 1 is 1.03 bits per heavy atom. The number of hydrogen-bond acceptors (Lipinski definition) is 7. The molecule has 0 bridgehead atoms. The summed E-state index contributed by atoms with van der Waals surface area (Å²) >= 11 is 0. The average Bonchev–Trinajstić information content (AvgIpc) is 3.40. The van der Waals surface area contributed by atoms with Crippen LogP contribution in [-0.4, -0.2) is 62.6 Å². The number of aromatic amines is 4. The van der Waals surface area contributed by atoms with Gasteiger partial charge in [-0.2, -0.15) is 0 Å². The molecule has 4 heterocycles. The summed E-state index contributed by atoms with van der Waals surface area (Å²) in [6, 6.07) is 2.92. The van der Waals surface area contributed by atoms with Gasteiger partial charge in [-0.25, -0.2) is 0 Å². The summed E-state index contributed by atoms with van der Waals surface area (Å²) in [6.07, 6.45) is -0.610. The molecule has 4 aromatic rings. The van der Waals surface area contributed by atoms with E-state index in [2.05, 4.69) is 30.6 Å². The zero-order chi connectivity index (χ0) is 21.4. The number of nitrogens with one attached hydrogen (secondary N) is 6. The van der Waals surface area contributed by atoms with Gasteiger partial charge < -0.3 is 57.0 Å². The molecule has 0 radical (unpaired) electrons.